The van der Waals surface area contributed by atoms with Crippen molar-refractivity contribution in [1.29, 1.82) is 0 Å². The van der Waals surface area contributed by atoms with E-state index < -0.39 is 0 Å². The van der Waals surface area contributed by atoms with Gasteiger partial charge in [0.05, 0.1) is 12.5 Å². The van der Waals surface area contributed by atoms with E-state index in [2.05, 4.69) is 10.6 Å². The predicted molar refractivity (Wildman–Crippen MR) is 92.6 cm³/mol. The van der Waals surface area contributed by atoms with Crippen LogP contribution in [0.25, 0.3) is 0 Å². The fourth-order valence-corrected chi connectivity index (χ4v) is 3.84. The van der Waals surface area contributed by atoms with Gasteiger partial charge in [0, 0.05) is 25.7 Å². The van der Waals surface area contributed by atoms with Crippen molar-refractivity contribution in [3.8, 4) is 0 Å². The van der Waals surface area contributed by atoms with Crippen LogP contribution in [0.3, 0.4) is 0 Å². The summed E-state index contributed by atoms with van der Waals surface area (Å²) in [6.45, 7) is 2.48. The topological polar surface area (TPSA) is 61.4 Å². The zero-order chi connectivity index (χ0) is 15.4. The summed E-state index contributed by atoms with van der Waals surface area (Å²) in [7, 11) is 0. The third-order valence-corrected chi connectivity index (χ3v) is 5.45. The maximum Gasteiger partial charge on any atom is 0.240 e. The van der Waals surface area contributed by atoms with Crippen LogP contribution in [0.2, 0.25) is 0 Å². The van der Waals surface area contributed by atoms with Crippen molar-refractivity contribution in [3.05, 3.63) is 0 Å². The number of carbonyl (C=O) groups is 2. The van der Waals surface area contributed by atoms with E-state index in [0.29, 0.717) is 12.0 Å². The molecule has 3 aliphatic rings. The van der Waals surface area contributed by atoms with Crippen molar-refractivity contribution < 1.29 is 9.59 Å². The minimum atomic E-state index is -0.322. The summed E-state index contributed by atoms with van der Waals surface area (Å²) in [6.07, 6.45) is 9.98. The summed E-state index contributed by atoms with van der Waals surface area (Å²) in [6, 6.07) is 0.00318. The van der Waals surface area contributed by atoms with E-state index in [1.807, 2.05) is 4.90 Å². The molecule has 3 fully saturated rings. The fraction of sp³-hybridized carbons (Fsp3) is 0.882. The van der Waals surface area contributed by atoms with E-state index >= 15 is 0 Å². The van der Waals surface area contributed by atoms with Gasteiger partial charge in [-0.25, -0.2) is 0 Å². The summed E-state index contributed by atoms with van der Waals surface area (Å²) in [4.78, 5) is 26.7. The molecule has 1 saturated heterocycles. The number of hydrogen-bond acceptors (Lipinski definition) is 3. The summed E-state index contributed by atoms with van der Waals surface area (Å²) >= 11 is 0. The standard InChI is InChI=1S/C17H29N3O2.ClH/c21-16(19-14-7-2-1-3-8-14)11-15-17(22)20(10-9-18-15)12-13-5-4-6-13;/h13-15,18H,1-12H2,(H,19,21);1H. The van der Waals surface area contributed by atoms with Crippen LogP contribution in [0.15, 0.2) is 0 Å². The van der Waals surface area contributed by atoms with Gasteiger partial charge in [-0.3, -0.25) is 9.59 Å². The molecule has 0 radical (unpaired) electrons. The number of halogens is 1. The molecule has 3 rings (SSSR count). The molecule has 1 aliphatic heterocycles. The Bertz CT molecular complexity index is 409. The maximum atomic E-state index is 12.5. The first-order valence-corrected chi connectivity index (χ1v) is 9.04. The monoisotopic (exact) mass is 343 g/mol. The second kappa shape index (κ2) is 8.88. The third kappa shape index (κ3) is 5.08. The average Bonchev–Trinajstić information content (AvgIpc) is 2.47. The van der Waals surface area contributed by atoms with Gasteiger partial charge in [-0.1, -0.05) is 25.7 Å². The van der Waals surface area contributed by atoms with Crippen molar-refractivity contribution in [2.75, 3.05) is 19.6 Å². The van der Waals surface area contributed by atoms with Crippen LogP contribution in [0, 0.1) is 5.92 Å². The van der Waals surface area contributed by atoms with E-state index in [1.165, 1.54) is 38.5 Å². The lowest BCUT2D eigenvalue weighted by atomic mass is 9.85. The number of rotatable bonds is 5. The number of piperazine rings is 1. The summed E-state index contributed by atoms with van der Waals surface area (Å²) < 4.78 is 0. The summed E-state index contributed by atoms with van der Waals surface area (Å²) in [5.41, 5.74) is 0. The van der Waals surface area contributed by atoms with E-state index in [4.69, 9.17) is 0 Å². The largest absolute Gasteiger partial charge is 0.353 e. The number of nitrogens with zero attached hydrogens (tertiary/aromatic N) is 1. The Morgan fingerprint density at radius 3 is 2.52 bits per heavy atom. The second-order valence-electron chi connectivity index (χ2n) is 7.19. The van der Waals surface area contributed by atoms with Crippen molar-refractivity contribution in [2.45, 2.75) is 69.9 Å². The van der Waals surface area contributed by atoms with Crippen molar-refractivity contribution in [1.82, 2.24) is 15.5 Å². The molecule has 1 atom stereocenters. The Kier molecular flexibility index (Phi) is 7.15. The van der Waals surface area contributed by atoms with Crippen LogP contribution >= 0.6 is 12.4 Å². The van der Waals surface area contributed by atoms with Gasteiger partial charge in [0.25, 0.3) is 0 Å². The van der Waals surface area contributed by atoms with Gasteiger partial charge in [-0.05, 0) is 31.6 Å². The lowest BCUT2D eigenvalue weighted by molar-refractivity contribution is -0.139. The molecule has 2 amide bonds. The van der Waals surface area contributed by atoms with Crippen molar-refractivity contribution >= 4 is 24.2 Å². The highest BCUT2D eigenvalue weighted by Crippen LogP contribution is 2.27. The Morgan fingerprint density at radius 2 is 1.87 bits per heavy atom. The smallest absolute Gasteiger partial charge is 0.240 e. The van der Waals surface area contributed by atoms with Gasteiger partial charge in [-0.15, -0.1) is 12.4 Å². The normalized spacial score (nSPS) is 26.3. The maximum absolute atomic E-state index is 12.5. The Hall–Kier alpha value is -0.810. The number of amides is 2. The summed E-state index contributed by atoms with van der Waals surface area (Å²) in [5, 5.41) is 6.34. The Balaban J connectivity index is 0.00000192. The van der Waals surface area contributed by atoms with Gasteiger partial charge in [0.1, 0.15) is 0 Å². The van der Waals surface area contributed by atoms with Gasteiger partial charge in [0.2, 0.25) is 11.8 Å². The quantitative estimate of drug-likeness (QED) is 0.800. The van der Waals surface area contributed by atoms with E-state index in [-0.39, 0.29) is 36.7 Å². The van der Waals surface area contributed by atoms with Crippen LogP contribution in [0.5, 0.6) is 0 Å². The lowest BCUT2D eigenvalue weighted by Gasteiger charge is -2.37. The molecule has 5 nitrogen and oxygen atoms in total. The van der Waals surface area contributed by atoms with Crippen molar-refractivity contribution in [3.63, 3.8) is 0 Å². The Labute approximate surface area is 145 Å². The minimum Gasteiger partial charge on any atom is -0.353 e. The SMILES string of the molecule is Cl.O=C(CC1NCCN(CC2CCC2)C1=O)NC1CCCCC1. The van der Waals surface area contributed by atoms with Crippen molar-refractivity contribution in [2.24, 2.45) is 5.92 Å². The van der Waals surface area contributed by atoms with Crippen LogP contribution in [0.1, 0.15) is 57.8 Å². The molecular weight excluding hydrogens is 314 g/mol. The van der Waals surface area contributed by atoms with Gasteiger partial charge >= 0.3 is 0 Å². The van der Waals surface area contributed by atoms with Crippen LogP contribution in [-0.4, -0.2) is 48.4 Å². The molecule has 6 heteroatoms. The van der Waals surface area contributed by atoms with Gasteiger partial charge in [0.15, 0.2) is 0 Å². The Morgan fingerprint density at radius 1 is 1.13 bits per heavy atom. The third-order valence-electron chi connectivity index (χ3n) is 5.45. The molecule has 1 unspecified atom stereocenters. The van der Waals surface area contributed by atoms with Gasteiger partial charge < -0.3 is 15.5 Å². The minimum absolute atomic E-state index is 0. The summed E-state index contributed by atoms with van der Waals surface area (Å²) in [5.74, 6) is 0.846. The van der Waals surface area contributed by atoms with E-state index in [0.717, 1.165) is 32.5 Å². The molecule has 2 N–H and O–H groups in total. The molecule has 23 heavy (non-hydrogen) atoms. The van der Waals surface area contributed by atoms with E-state index in [1.54, 1.807) is 0 Å². The first kappa shape index (κ1) is 18.5. The van der Waals surface area contributed by atoms with Crippen LogP contribution in [-0.2, 0) is 9.59 Å². The molecule has 0 aromatic carbocycles. The number of carbonyl (C=O) groups excluding carboxylic acids is 2. The number of nitrogens with one attached hydrogen (secondary N) is 2. The molecule has 2 aliphatic carbocycles. The molecule has 2 saturated carbocycles. The van der Waals surface area contributed by atoms with Crippen LogP contribution < -0.4 is 10.6 Å². The first-order valence-electron chi connectivity index (χ1n) is 9.04. The molecular formula is C17H30ClN3O2. The predicted octanol–water partition coefficient (Wildman–Crippen LogP) is 1.85. The molecule has 132 valence electrons. The molecule has 0 bridgehead atoms. The number of hydrogen-bond donors (Lipinski definition) is 2. The lowest BCUT2D eigenvalue weighted by Crippen LogP contribution is -2.57. The molecule has 0 aromatic heterocycles. The first-order chi connectivity index (χ1) is 10.7. The molecule has 0 aromatic rings. The zero-order valence-corrected chi connectivity index (χ0v) is 14.7. The molecule has 1 heterocycles. The second-order valence-corrected chi connectivity index (χ2v) is 7.19. The zero-order valence-electron chi connectivity index (χ0n) is 13.9. The van der Waals surface area contributed by atoms with E-state index in [9.17, 15) is 9.59 Å². The van der Waals surface area contributed by atoms with Gasteiger partial charge in [-0.2, -0.15) is 0 Å². The van der Waals surface area contributed by atoms with Crippen LogP contribution in [0.4, 0.5) is 0 Å². The molecule has 0 spiro atoms. The average molecular weight is 344 g/mol. The highest BCUT2D eigenvalue weighted by Gasteiger charge is 2.32. The highest BCUT2D eigenvalue weighted by atomic mass is 35.5. The highest BCUT2D eigenvalue weighted by molar-refractivity contribution is 5.89. The fourth-order valence-electron chi connectivity index (χ4n) is 3.84.